The normalized spacial score (nSPS) is 10.6. The predicted molar refractivity (Wildman–Crippen MR) is 146 cm³/mol. The number of methoxy groups -OCH3 is 1. The molecule has 2 aromatic carbocycles. The SMILES string of the molecule is C=C(C)C(=O)OC.C=C(C)C(C)=O.Cc1ccc(N2C=CN(c3ccc(C)cc3)[CH-]2)cc1.[CH3-].[CH3-].[Ni+3]. The van der Waals surface area contributed by atoms with Gasteiger partial charge in [0.25, 0.3) is 0 Å². The Bertz CT molecular complexity index is 899. The first kappa shape index (κ1) is 36.5. The number of rotatable bonds is 4. The van der Waals surface area contributed by atoms with Crippen molar-refractivity contribution in [3.63, 3.8) is 0 Å². The number of anilines is 2. The van der Waals surface area contributed by atoms with Crippen molar-refractivity contribution < 1.29 is 30.8 Å². The molecule has 0 saturated heterocycles. The van der Waals surface area contributed by atoms with Gasteiger partial charge in [0.05, 0.1) is 7.11 Å². The molecular weight excluding hydrogens is 483 g/mol. The Morgan fingerprint density at radius 3 is 1.26 bits per heavy atom. The Morgan fingerprint density at radius 1 is 0.743 bits per heavy atom. The van der Waals surface area contributed by atoms with E-state index in [2.05, 4.69) is 109 Å². The average Bonchev–Trinajstić information content (AvgIpc) is 3.25. The first-order valence-corrected chi connectivity index (χ1v) is 10.2. The molecule has 0 aliphatic carbocycles. The minimum Gasteiger partial charge on any atom is -0.480 e. The Labute approximate surface area is 223 Å². The summed E-state index contributed by atoms with van der Waals surface area (Å²) in [6.45, 7) is 17.9. The Balaban J connectivity index is -0.000000544. The largest absolute Gasteiger partial charge is 3.00 e. The van der Waals surface area contributed by atoms with E-state index in [1.54, 1.807) is 13.8 Å². The van der Waals surface area contributed by atoms with Crippen LogP contribution >= 0.6 is 0 Å². The van der Waals surface area contributed by atoms with Crippen LogP contribution in [0.2, 0.25) is 0 Å². The van der Waals surface area contributed by atoms with Crippen molar-refractivity contribution in [2.75, 3.05) is 16.9 Å². The van der Waals surface area contributed by atoms with E-state index in [9.17, 15) is 9.59 Å². The number of ether oxygens (including phenoxy) is 1. The van der Waals surface area contributed by atoms with Gasteiger partial charge in [-0.25, -0.2) is 4.79 Å². The summed E-state index contributed by atoms with van der Waals surface area (Å²) in [6.07, 6.45) is 4.15. The van der Waals surface area contributed by atoms with Crippen molar-refractivity contribution in [2.45, 2.75) is 34.6 Å². The fraction of sp³-hybridized carbons (Fsp3) is 0.207. The van der Waals surface area contributed by atoms with E-state index >= 15 is 0 Å². The number of carbonyl (C=O) groups is 2. The number of aryl methyl sites for hydroxylation is 2. The van der Waals surface area contributed by atoms with Crippen LogP contribution in [0.3, 0.4) is 0 Å². The van der Waals surface area contributed by atoms with E-state index in [1.165, 1.54) is 36.5 Å². The molecule has 0 aromatic heterocycles. The van der Waals surface area contributed by atoms with Crippen molar-refractivity contribution in [1.29, 1.82) is 0 Å². The van der Waals surface area contributed by atoms with Gasteiger partial charge in [0, 0.05) is 16.9 Å². The number of benzene rings is 2. The van der Waals surface area contributed by atoms with Gasteiger partial charge in [-0.2, -0.15) is 0 Å². The minimum atomic E-state index is -0.347. The summed E-state index contributed by atoms with van der Waals surface area (Å²) in [5.41, 5.74) is 5.97. The van der Waals surface area contributed by atoms with Gasteiger partial charge in [0.15, 0.2) is 5.78 Å². The molecule has 0 N–H and O–H groups in total. The van der Waals surface area contributed by atoms with Crippen LogP contribution in [0.5, 0.6) is 0 Å². The first-order valence-electron chi connectivity index (χ1n) is 10.2. The zero-order chi connectivity index (χ0) is 24.3. The molecule has 2 aromatic rings. The fourth-order valence-electron chi connectivity index (χ4n) is 2.27. The molecule has 0 spiro atoms. The summed E-state index contributed by atoms with van der Waals surface area (Å²) in [5.74, 6) is -0.282. The summed E-state index contributed by atoms with van der Waals surface area (Å²) in [6, 6.07) is 17.1. The molecule has 0 fully saturated rings. The van der Waals surface area contributed by atoms with Crippen molar-refractivity contribution in [3.8, 4) is 0 Å². The number of nitrogens with zero attached hydrogens (tertiary/aromatic N) is 2. The van der Waals surface area contributed by atoms with Crippen molar-refractivity contribution >= 4 is 23.1 Å². The molecule has 193 valence electrons. The van der Waals surface area contributed by atoms with Crippen LogP contribution in [-0.2, 0) is 30.8 Å². The number of ketones is 1. The molecule has 1 aliphatic rings. The van der Waals surface area contributed by atoms with Gasteiger partial charge >= 0.3 is 22.5 Å². The van der Waals surface area contributed by atoms with Crippen molar-refractivity contribution in [3.05, 3.63) is 118 Å². The van der Waals surface area contributed by atoms with Crippen LogP contribution in [0.4, 0.5) is 11.4 Å². The molecule has 1 heterocycles. The van der Waals surface area contributed by atoms with Crippen LogP contribution in [0.15, 0.2) is 85.2 Å². The van der Waals surface area contributed by atoms with Crippen LogP contribution < -0.4 is 9.80 Å². The third kappa shape index (κ3) is 13.4. The van der Waals surface area contributed by atoms with Gasteiger partial charge in [-0.05, 0) is 76.9 Å². The topological polar surface area (TPSA) is 49.9 Å². The van der Waals surface area contributed by atoms with E-state index in [0.29, 0.717) is 11.1 Å². The van der Waals surface area contributed by atoms with Crippen LogP contribution in [-0.4, -0.2) is 18.9 Å². The van der Waals surface area contributed by atoms with Crippen LogP contribution in [0, 0.1) is 35.4 Å². The monoisotopic (exact) mass is 521 g/mol. The predicted octanol–water partition coefficient (Wildman–Crippen LogP) is 7.01. The van der Waals surface area contributed by atoms with Gasteiger partial charge in [-0.1, -0.05) is 48.6 Å². The molecule has 35 heavy (non-hydrogen) atoms. The maximum absolute atomic E-state index is 10.2. The number of carbonyl (C=O) groups excluding carboxylic acids is 2. The van der Waals surface area contributed by atoms with Gasteiger partial charge < -0.3 is 29.4 Å². The number of hydrogen-bond donors (Lipinski definition) is 0. The van der Waals surface area contributed by atoms with Gasteiger partial charge in [0.1, 0.15) is 0 Å². The molecule has 3 rings (SSSR count). The average molecular weight is 522 g/mol. The van der Waals surface area contributed by atoms with Crippen molar-refractivity contribution in [2.24, 2.45) is 0 Å². The summed E-state index contributed by atoms with van der Waals surface area (Å²) in [4.78, 5) is 24.5. The van der Waals surface area contributed by atoms with Gasteiger partial charge in [0.2, 0.25) is 0 Å². The number of Topliss-reactive ketones (excluding diaryl/α,β-unsaturated/α-hetero) is 1. The molecule has 0 saturated carbocycles. The maximum atomic E-state index is 10.2. The third-order valence-corrected chi connectivity index (χ3v) is 4.44. The zero-order valence-corrected chi connectivity index (χ0v) is 23.2. The van der Waals surface area contributed by atoms with Crippen LogP contribution in [0.25, 0.3) is 0 Å². The number of hydrogen-bond acceptors (Lipinski definition) is 5. The Hall–Kier alpha value is -3.11. The van der Waals surface area contributed by atoms with E-state index in [1.807, 2.05) is 0 Å². The third-order valence-electron chi connectivity index (χ3n) is 4.44. The second kappa shape index (κ2) is 18.3. The Morgan fingerprint density at radius 2 is 1.06 bits per heavy atom. The number of allylic oxidation sites excluding steroid dienone is 1. The van der Waals surface area contributed by atoms with E-state index in [4.69, 9.17) is 0 Å². The molecule has 1 radical (unpaired) electrons. The summed E-state index contributed by atoms with van der Waals surface area (Å²) in [7, 11) is 1.33. The molecule has 0 atom stereocenters. The molecule has 6 heteroatoms. The fourth-order valence-corrected chi connectivity index (χ4v) is 2.27. The number of esters is 1. The molecule has 0 bridgehead atoms. The molecule has 0 amide bonds. The van der Waals surface area contributed by atoms with Gasteiger partial charge in [-0.15, -0.1) is 6.67 Å². The van der Waals surface area contributed by atoms with E-state index in [-0.39, 0.29) is 43.1 Å². The second-order valence-electron chi connectivity index (χ2n) is 7.51. The second-order valence-corrected chi connectivity index (χ2v) is 7.51. The summed E-state index contributed by atoms with van der Waals surface area (Å²) < 4.78 is 4.27. The summed E-state index contributed by atoms with van der Waals surface area (Å²) >= 11 is 0. The zero-order valence-electron chi connectivity index (χ0n) is 22.2. The smallest absolute Gasteiger partial charge is 0.480 e. The maximum Gasteiger partial charge on any atom is 3.00 e. The quantitative estimate of drug-likeness (QED) is 0.187. The standard InChI is InChI=1S/C17H17N2.C5H8O2.C5H8O.2CH3.Ni/c1-14-3-7-16(8-4-14)18-11-12-19(13-18)17-9-5-15(2)6-10-17;1-4(2)5(6)7-3;1-4(2)5(3)6;;;/h3-13H,1-2H3;1H2,2-3H3;1H2,2-3H3;2*1H3;/q-1;;;2*-1;+3. The molecule has 0 unspecified atom stereocenters. The van der Waals surface area contributed by atoms with Crippen molar-refractivity contribution in [1.82, 2.24) is 0 Å². The molecule has 5 nitrogen and oxygen atoms in total. The molecule has 1 aliphatic heterocycles. The first-order chi connectivity index (χ1) is 15.0. The van der Waals surface area contributed by atoms with Gasteiger partial charge in [-0.3, -0.25) is 4.79 Å². The van der Waals surface area contributed by atoms with Crippen LogP contribution in [0.1, 0.15) is 31.9 Å². The van der Waals surface area contributed by atoms with E-state index < -0.39 is 0 Å². The Kier molecular flexibility index (Phi) is 19.0. The minimum absolute atomic E-state index is 0. The van der Waals surface area contributed by atoms with E-state index in [0.717, 1.165) is 0 Å². The summed E-state index contributed by atoms with van der Waals surface area (Å²) in [5, 5.41) is 0. The molecular formula is C29H39N2NiO3.